The lowest BCUT2D eigenvalue weighted by Gasteiger charge is -2.65. The summed E-state index contributed by atoms with van der Waals surface area (Å²) in [6.07, 6.45) is 5.81. The summed E-state index contributed by atoms with van der Waals surface area (Å²) in [6.45, 7) is 2.87. The first-order valence-electron chi connectivity index (χ1n) is 15.1. The van der Waals surface area contributed by atoms with Crippen molar-refractivity contribution in [2.24, 2.45) is 10.8 Å². The highest BCUT2D eigenvalue weighted by Gasteiger charge is 2.73. The fraction of sp³-hybridized carbons (Fsp3) is 0.515. The van der Waals surface area contributed by atoms with E-state index in [9.17, 15) is 22.4 Å². The molecule has 1 amide bonds. The van der Waals surface area contributed by atoms with Crippen LogP contribution in [0.5, 0.6) is 6.01 Å². The molecule has 6 aliphatic carbocycles. The maximum absolute atomic E-state index is 14.6. The molecule has 6 aliphatic rings. The van der Waals surface area contributed by atoms with Crippen LogP contribution in [0.3, 0.4) is 0 Å². The van der Waals surface area contributed by atoms with E-state index in [1.165, 1.54) is 0 Å². The Labute approximate surface area is 247 Å². The maximum atomic E-state index is 14.6. The van der Waals surface area contributed by atoms with Crippen molar-refractivity contribution in [1.29, 1.82) is 0 Å². The van der Waals surface area contributed by atoms with Crippen molar-refractivity contribution in [2.45, 2.75) is 82.0 Å². The number of amides is 1. The molecule has 9 rings (SSSR count). The van der Waals surface area contributed by atoms with Gasteiger partial charge in [0.05, 0.1) is 17.6 Å². The van der Waals surface area contributed by atoms with Crippen molar-refractivity contribution in [3.05, 3.63) is 66.2 Å². The minimum absolute atomic E-state index is 0.00619. The van der Waals surface area contributed by atoms with Crippen LogP contribution in [-0.2, 0) is 16.4 Å². The predicted molar refractivity (Wildman–Crippen MR) is 152 cm³/mol. The number of hydrogen-bond acceptors (Lipinski definition) is 5. The first-order chi connectivity index (χ1) is 20.5. The molecule has 43 heavy (non-hydrogen) atoms. The molecule has 0 saturated heterocycles. The molecular weight excluding hydrogens is 560 g/mol. The number of anilines is 1. The number of nitrogens with zero attached hydrogens (tertiary/aromatic N) is 4. The molecule has 0 spiro atoms. The lowest BCUT2D eigenvalue weighted by atomic mass is 9.41. The fourth-order valence-electron chi connectivity index (χ4n) is 8.08. The van der Waals surface area contributed by atoms with Gasteiger partial charge in [0.2, 0.25) is 5.91 Å². The molecule has 0 unspecified atom stereocenters. The van der Waals surface area contributed by atoms with Crippen molar-refractivity contribution in [2.75, 3.05) is 18.1 Å². The van der Waals surface area contributed by atoms with Crippen LogP contribution < -0.4 is 9.64 Å². The highest BCUT2D eigenvalue weighted by molar-refractivity contribution is 6.00. The van der Waals surface area contributed by atoms with E-state index in [0.29, 0.717) is 19.2 Å². The second-order valence-electron chi connectivity index (χ2n) is 13.3. The molecule has 4 bridgehead atoms. The van der Waals surface area contributed by atoms with E-state index >= 15 is 0 Å². The van der Waals surface area contributed by atoms with Crippen LogP contribution in [0.2, 0.25) is 0 Å². The molecule has 6 nitrogen and oxygen atoms in total. The Bertz CT molecular complexity index is 1500. The van der Waals surface area contributed by atoms with E-state index in [1.54, 1.807) is 18.5 Å². The van der Waals surface area contributed by atoms with Crippen LogP contribution in [-0.4, -0.2) is 39.7 Å². The number of rotatable bonds is 8. The Morgan fingerprint density at radius 2 is 1.58 bits per heavy atom. The standard InChI is InChI=1S/C33H34F4N4O2/c1-2-43-28-39-15-23(16-40-28)22-4-3-5-25(14-22)41(27(42)31-18-32(34,19-31)20-31)21-29-8-11-30(12-9-29,13-10-29)26-7-6-24(17-38-26)33(35,36)37/h3-7,14-17H,2,8-13,18-21H2,1H3. The molecule has 2 heterocycles. The van der Waals surface area contributed by atoms with Crippen molar-refractivity contribution in [3.8, 4) is 17.1 Å². The number of carbonyl (C=O) groups is 1. The first-order valence-corrected chi connectivity index (χ1v) is 15.1. The van der Waals surface area contributed by atoms with Crippen molar-refractivity contribution >= 4 is 11.6 Å². The molecule has 0 aliphatic heterocycles. The number of benzene rings is 1. The van der Waals surface area contributed by atoms with Gasteiger partial charge in [-0.15, -0.1) is 0 Å². The summed E-state index contributed by atoms with van der Waals surface area (Å²) in [4.78, 5) is 28.9. The number of carbonyl (C=O) groups excluding carboxylic acids is 1. The number of ether oxygens (including phenoxy) is 1. The van der Waals surface area contributed by atoms with Crippen LogP contribution >= 0.6 is 0 Å². The van der Waals surface area contributed by atoms with E-state index in [1.807, 2.05) is 36.1 Å². The third-order valence-electron chi connectivity index (χ3n) is 10.6. The van der Waals surface area contributed by atoms with E-state index < -0.39 is 22.8 Å². The maximum Gasteiger partial charge on any atom is 0.417 e. The number of fused-ring (bicyclic) bond motifs is 3. The zero-order valence-electron chi connectivity index (χ0n) is 24.1. The quantitative estimate of drug-likeness (QED) is 0.253. The second kappa shape index (κ2) is 9.72. The summed E-state index contributed by atoms with van der Waals surface area (Å²) >= 11 is 0. The zero-order chi connectivity index (χ0) is 30.1. The van der Waals surface area contributed by atoms with E-state index in [2.05, 4.69) is 15.0 Å². The average Bonchev–Trinajstić information content (AvgIpc) is 2.99. The Kier molecular flexibility index (Phi) is 6.38. The molecule has 2 aromatic heterocycles. The normalized spacial score (nSPS) is 30.7. The van der Waals surface area contributed by atoms with Gasteiger partial charge in [-0.2, -0.15) is 13.2 Å². The van der Waals surface area contributed by atoms with Gasteiger partial charge in [0.15, 0.2) is 0 Å². The third-order valence-corrected chi connectivity index (χ3v) is 10.6. The van der Waals surface area contributed by atoms with Crippen LogP contribution in [0, 0.1) is 10.8 Å². The van der Waals surface area contributed by atoms with Crippen LogP contribution in [0.4, 0.5) is 23.2 Å². The Balaban J connectivity index is 1.14. The van der Waals surface area contributed by atoms with Crippen LogP contribution in [0.15, 0.2) is 55.0 Å². The summed E-state index contributed by atoms with van der Waals surface area (Å²) in [5, 5.41) is 0. The lowest BCUT2D eigenvalue weighted by molar-refractivity contribution is -0.211. The Morgan fingerprint density at radius 3 is 2.14 bits per heavy atom. The minimum atomic E-state index is -4.41. The smallest absolute Gasteiger partial charge is 0.417 e. The number of hydrogen-bond donors (Lipinski definition) is 0. The lowest BCUT2D eigenvalue weighted by Crippen LogP contribution is -2.71. The van der Waals surface area contributed by atoms with Crippen LogP contribution in [0.25, 0.3) is 11.1 Å². The molecule has 3 aromatic rings. The van der Waals surface area contributed by atoms with Gasteiger partial charge < -0.3 is 9.64 Å². The van der Waals surface area contributed by atoms with Crippen LogP contribution in [0.1, 0.15) is 76.0 Å². The van der Waals surface area contributed by atoms with E-state index in [-0.39, 0.29) is 36.0 Å². The summed E-state index contributed by atoms with van der Waals surface area (Å²) in [6, 6.07) is 10.8. The second-order valence-corrected chi connectivity index (χ2v) is 13.3. The monoisotopic (exact) mass is 594 g/mol. The molecule has 226 valence electrons. The van der Waals surface area contributed by atoms with Crippen molar-refractivity contribution < 1.29 is 27.1 Å². The topological polar surface area (TPSA) is 68.2 Å². The van der Waals surface area contributed by atoms with E-state index in [4.69, 9.17) is 4.74 Å². The number of halogens is 4. The molecule has 6 saturated carbocycles. The average molecular weight is 595 g/mol. The largest absolute Gasteiger partial charge is 0.464 e. The highest BCUT2D eigenvalue weighted by Crippen LogP contribution is 2.70. The fourth-order valence-corrected chi connectivity index (χ4v) is 8.08. The summed E-state index contributed by atoms with van der Waals surface area (Å²) in [7, 11) is 0. The minimum Gasteiger partial charge on any atom is -0.464 e. The van der Waals surface area contributed by atoms with Gasteiger partial charge >= 0.3 is 12.2 Å². The third kappa shape index (κ3) is 4.77. The van der Waals surface area contributed by atoms with E-state index in [0.717, 1.165) is 73.3 Å². The highest BCUT2D eigenvalue weighted by atomic mass is 19.4. The zero-order valence-corrected chi connectivity index (χ0v) is 24.1. The van der Waals surface area contributed by atoms with Gasteiger partial charge in [0, 0.05) is 47.5 Å². The van der Waals surface area contributed by atoms with Crippen molar-refractivity contribution in [3.63, 3.8) is 0 Å². The number of pyridine rings is 1. The van der Waals surface area contributed by atoms with Gasteiger partial charge in [0.1, 0.15) is 5.67 Å². The number of alkyl halides is 4. The van der Waals surface area contributed by atoms with Gasteiger partial charge in [-0.05, 0) is 100.0 Å². The van der Waals surface area contributed by atoms with Gasteiger partial charge in [-0.1, -0.05) is 12.1 Å². The molecule has 0 N–H and O–H groups in total. The van der Waals surface area contributed by atoms with Gasteiger partial charge in [-0.3, -0.25) is 9.78 Å². The summed E-state index contributed by atoms with van der Waals surface area (Å²) in [5.41, 5.74) is 0.283. The Hall–Kier alpha value is -3.56. The molecule has 0 atom stereocenters. The molecule has 0 radical (unpaired) electrons. The van der Waals surface area contributed by atoms with Gasteiger partial charge in [0.25, 0.3) is 0 Å². The Morgan fingerprint density at radius 1 is 0.907 bits per heavy atom. The molecule has 10 heteroatoms. The first kappa shape index (κ1) is 28.2. The summed E-state index contributed by atoms with van der Waals surface area (Å²) in [5.74, 6) is -0.00619. The molecular formula is C33H34F4N4O2. The molecule has 1 aromatic carbocycles. The predicted octanol–water partition coefficient (Wildman–Crippen LogP) is 7.47. The van der Waals surface area contributed by atoms with Gasteiger partial charge in [-0.25, -0.2) is 14.4 Å². The SMILES string of the molecule is CCOc1ncc(-c2cccc(N(CC34CCC(c5ccc(C(F)(F)F)cn5)(CC3)CC4)C(=O)C34CC(F)(C3)C4)c2)cn1. The summed E-state index contributed by atoms with van der Waals surface area (Å²) < 4.78 is 59.3. The molecule has 6 fully saturated rings. The number of aromatic nitrogens is 3. The van der Waals surface area contributed by atoms with Crippen molar-refractivity contribution in [1.82, 2.24) is 15.0 Å².